The first-order valence-electron chi connectivity index (χ1n) is 10.1. The fourth-order valence-electron chi connectivity index (χ4n) is 4.42. The standard InChI is InChI=1S/C19H22ClN7O2/c1-11-14-17(25-27(11)12-3-8-29-19(9-12)4-5-19)28-7-2-6-26-16-13(15(20)24-26)10-21-18(22-14)23-16/h10,12H,2-9H2,1H3,(H,21,22,23). The quantitative estimate of drug-likeness (QED) is 0.651. The summed E-state index contributed by atoms with van der Waals surface area (Å²) >= 11 is 6.24. The van der Waals surface area contributed by atoms with Crippen molar-refractivity contribution in [3.05, 3.63) is 17.0 Å². The zero-order valence-corrected chi connectivity index (χ0v) is 16.9. The molecular formula is C19H22ClN7O2. The van der Waals surface area contributed by atoms with Crippen LogP contribution < -0.4 is 10.1 Å². The lowest BCUT2D eigenvalue weighted by molar-refractivity contribution is -0.0274. The Balaban J connectivity index is 1.40. The van der Waals surface area contributed by atoms with Gasteiger partial charge in [0, 0.05) is 25.8 Å². The van der Waals surface area contributed by atoms with Crippen molar-refractivity contribution in [2.45, 2.75) is 57.2 Å². The number of hydrogen-bond acceptors (Lipinski definition) is 7. The molecule has 10 heteroatoms. The van der Waals surface area contributed by atoms with E-state index in [1.54, 1.807) is 10.9 Å². The van der Waals surface area contributed by atoms with Crippen LogP contribution in [0.2, 0.25) is 5.15 Å². The molecule has 0 aromatic carbocycles. The largest absolute Gasteiger partial charge is 0.475 e. The molecule has 1 spiro atoms. The highest BCUT2D eigenvalue weighted by atomic mass is 35.5. The highest BCUT2D eigenvalue weighted by Crippen LogP contribution is 2.50. The van der Waals surface area contributed by atoms with Gasteiger partial charge in [-0.3, -0.25) is 4.68 Å². The number of nitrogens with one attached hydrogen (secondary N) is 1. The minimum atomic E-state index is 0.0859. The molecule has 5 heterocycles. The lowest BCUT2D eigenvalue weighted by atomic mass is 10.0. The van der Waals surface area contributed by atoms with Gasteiger partial charge in [-0.25, -0.2) is 9.67 Å². The number of halogens is 1. The molecule has 1 aliphatic carbocycles. The highest BCUT2D eigenvalue weighted by Gasteiger charge is 2.48. The van der Waals surface area contributed by atoms with Crippen LogP contribution in [-0.4, -0.2) is 48.3 Å². The van der Waals surface area contributed by atoms with Gasteiger partial charge in [-0.2, -0.15) is 10.1 Å². The van der Waals surface area contributed by atoms with Crippen LogP contribution in [0.15, 0.2) is 6.20 Å². The van der Waals surface area contributed by atoms with Crippen LogP contribution in [-0.2, 0) is 11.3 Å². The third kappa shape index (κ3) is 2.86. The van der Waals surface area contributed by atoms with Crippen molar-refractivity contribution < 1.29 is 9.47 Å². The first-order valence-corrected chi connectivity index (χ1v) is 10.5. The molecule has 2 bridgehead atoms. The lowest BCUT2D eigenvalue weighted by Crippen LogP contribution is -2.30. The van der Waals surface area contributed by atoms with Crippen molar-refractivity contribution in [2.24, 2.45) is 0 Å². The van der Waals surface area contributed by atoms with Crippen LogP contribution in [0.4, 0.5) is 11.6 Å². The van der Waals surface area contributed by atoms with E-state index in [1.807, 2.05) is 0 Å². The fourth-order valence-corrected chi connectivity index (χ4v) is 4.65. The van der Waals surface area contributed by atoms with Gasteiger partial charge in [0.2, 0.25) is 5.95 Å². The van der Waals surface area contributed by atoms with Crippen molar-refractivity contribution in [3.63, 3.8) is 0 Å². The maximum atomic E-state index is 6.24. The topological polar surface area (TPSA) is 91.9 Å². The van der Waals surface area contributed by atoms with E-state index in [2.05, 4.69) is 32.0 Å². The summed E-state index contributed by atoms with van der Waals surface area (Å²) in [6.07, 6.45) is 6.77. The van der Waals surface area contributed by atoms with Gasteiger partial charge in [0.25, 0.3) is 5.88 Å². The number of fused-ring (bicyclic) bond motifs is 2. The van der Waals surface area contributed by atoms with E-state index < -0.39 is 0 Å². The number of aryl methyl sites for hydroxylation is 1. The smallest absolute Gasteiger partial charge is 0.257 e. The summed E-state index contributed by atoms with van der Waals surface area (Å²) in [4.78, 5) is 9.09. The molecule has 0 amide bonds. The molecule has 0 radical (unpaired) electrons. The van der Waals surface area contributed by atoms with Crippen LogP contribution in [0.25, 0.3) is 11.0 Å². The monoisotopic (exact) mass is 415 g/mol. The number of nitrogens with zero attached hydrogens (tertiary/aromatic N) is 6. The van der Waals surface area contributed by atoms with E-state index in [9.17, 15) is 0 Å². The van der Waals surface area contributed by atoms with Gasteiger partial charge in [0.1, 0.15) is 5.69 Å². The summed E-state index contributed by atoms with van der Waals surface area (Å²) < 4.78 is 16.0. The Morgan fingerprint density at radius 2 is 2.17 bits per heavy atom. The molecule has 1 N–H and O–H groups in total. The van der Waals surface area contributed by atoms with E-state index >= 15 is 0 Å². The average Bonchev–Trinajstić information content (AvgIpc) is 3.29. The molecule has 3 aliphatic rings. The van der Waals surface area contributed by atoms with E-state index in [0.717, 1.165) is 61.1 Å². The van der Waals surface area contributed by atoms with E-state index in [1.165, 1.54) is 0 Å². The molecular weight excluding hydrogens is 394 g/mol. The second-order valence-corrected chi connectivity index (χ2v) is 8.52. The third-order valence-corrected chi connectivity index (χ3v) is 6.45. The predicted molar refractivity (Wildman–Crippen MR) is 107 cm³/mol. The molecule has 152 valence electrons. The second kappa shape index (κ2) is 6.30. The molecule has 2 aliphatic heterocycles. The van der Waals surface area contributed by atoms with Crippen molar-refractivity contribution >= 4 is 34.3 Å². The lowest BCUT2D eigenvalue weighted by Gasteiger charge is -2.30. The summed E-state index contributed by atoms with van der Waals surface area (Å²) in [6, 6.07) is 0.320. The predicted octanol–water partition coefficient (Wildman–Crippen LogP) is 3.39. The van der Waals surface area contributed by atoms with Crippen LogP contribution in [0, 0.1) is 6.92 Å². The van der Waals surface area contributed by atoms with Gasteiger partial charge < -0.3 is 14.8 Å². The van der Waals surface area contributed by atoms with E-state index in [-0.39, 0.29) is 5.60 Å². The maximum absolute atomic E-state index is 6.24. The van der Waals surface area contributed by atoms with Crippen LogP contribution in [0.5, 0.6) is 5.88 Å². The summed E-state index contributed by atoms with van der Waals surface area (Å²) in [5, 5.41) is 13.7. The first-order chi connectivity index (χ1) is 14.1. The molecule has 29 heavy (non-hydrogen) atoms. The molecule has 2 fully saturated rings. The third-order valence-electron chi connectivity index (χ3n) is 6.17. The molecule has 9 nitrogen and oxygen atoms in total. The molecule has 6 rings (SSSR count). The normalized spacial score (nSPS) is 22.8. The molecule has 1 saturated carbocycles. The summed E-state index contributed by atoms with van der Waals surface area (Å²) in [5.74, 6) is 1.08. The molecule has 1 atom stereocenters. The van der Waals surface area contributed by atoms with E-state index in [4.69, 9.17) is 26.2 Å². The van der Waals surface area contributed by atoms with Gasteiger partial charge in [-0.15, -0.1) is 5.10 Å². The zero-order chi connectivity index (χ0) is 19.6. The van der Waals surface area contributed by atoms with Gasteiger partial charge in [0.15, 0.2) is 10.8 Å². The number of ether oxygens (including phenoxy) is 2. The Morgan fingerprint density at radius 1 is 1.28 bits per heavy atom. The Morgan fingerprint density at radius 3 is 3.03 bits per heavy atom. The second-order valence-electron chi connectivity index (χ2n) is 8.16. The summed E-state index contributed by atoms with van der Waals surface area (Å²) in [7, 11) is 0. The molecule has 3 aromatic heterocycles. The van der Waals surface area contributed by atoms with Crippen LogP contribution in [0.1, 0.15) is 43.8 Å². The SMILES string of the molecule is Cc1c2c(nn1C1CCOC3(CC3)C1)OCCCn1nc(Cl)c3cnc(nc31)N2. The van der Waals surface area contributed by atoms with Gasteiger partial charge >= 0.3 is 0 Å². The zero-order valence-electron chi connectivity index (χ0n) is 16.2. The first kappa shape index (κ1) is 17.5. The van der Waals surface area contributed by atoms with Crippen molar-refractivity contribution in [1.82, 2.24) is 29.5 Å². The van der Waals surface area contributed by atoms with Crippen LogP contribution >= 0.6 is 11.6 Å². The molecule has 1 unspecified atom stereocenters. The Kier molecular flexibility index (Phi) is 3.80. The van der Waals surface area contributed by atoms with Gasteiger partial charge in [0.05, 0.1) is 29.3 Å². The number of aromatic nitrogens is 6. The van der Waals surface area contributed by atoms with Crippen molar-refractivity contribution in [2.75, 3.05) is 18.5 Å². The fraction of sp³-hybridized carbons (Fsp3) is 0.579. The Labute approximate surface area is 172 Å². The van der Waals surface area contributed by atoms with Gasteiger partial charge in [-0.1, -0.05) is 11.6 Å². The molecule has 1 saturated heterocycles. The Bertz CT molecular complexity index is 1100. The Hall–Kier alpha value is -2.39. The summed E-state index contributed by atoms with van der Waals surface area (Å²) in [5.41, 5.74) is 2.65. The average molecular weight is 416 g/mol. The minimum Gasteiger partial charge on any atom is -0.475 e. The van der Waals surface area contributed by atoms with Crippen molar-refractivity contribution in [1.29, 1.82) is 0 Å². The number of hydrogen-bond donors (Lipinski definition) is 1. The molecule has 3 aromatic rings. The highest BCUT2D eigenvalue weighted by molar-refractivity contribution is 6.34. The number of rotatable bonds is 1. The summed E-state index contributed by atoms with van der Waals surface area (Å²) in [6.45, 7) is 4.05. The van der Waals surface area contributed by atoms with Gasteiger partial charge in [-0.05, 0) is 32.6 Å². The van der Waals surface area contributed by atoms with Crippen molar-refractivity contribution in [3.8, 4) is 5.88 Å². The van der Waals surface area contributed by atoms with Crippen LogP contribution in [0.3, 0.4) is 0 Å². The maximum Gasteiger partial charge on any atom is 0.257 e. The van der Waals surface area contributed by atoms with E-state index in [0.29, 0.717) is 36.2 Å². The minimum absolute atomic E-state index is 0.0859. The number of anilines is 2.